The molecule has 0 aliphatic rings. The van der Waals surface area contributed by atoms with Gasteiger partial charge in [-0.3, -0.25) is 4.79 Å². The molecule has 1 aromatic carbocycles. The van der Waals surface area contributed by atoms with E-state index in [-0.39, 0.29) is 11.9 Å². The summed E-state index contributed by atoms with van der Waals surface area (Å²) in [6, 6.07) is 9.09. The third-order valence-electron chi connectivity index (χ3n) is 3.37. The Bertz CT molecular complexity index is 677. The molecule has 1 N–H and O–H groups in total. The van der Waals surface area contributed by atoms with Crippen molar-refractivity contribution in [2.45, 2.75) is 26.8 Å². The maximum atomic E-state index is 12.0. The Balaban J connectivity index is 2.04. The van der Waals surface area contributed by atoms with Crippen LogP contribution >= 0.6 is 0 Å². The maximum absolute atomic E-state index is 12.0. The number of carbonyl (C=O) groups is 1. The third-order valence-corrected chi connectivity index (χ3v) is 3.37. The van der Waals surface area contributed by atoms with Crippen LogP contribution in [0.25, 0.3) is 6.08 Å². The van der Waals surface area contributed by atoms with Crippen LogP contribution in [0.5, 0.6) is 11.5 Å². The number of benzene rings is 1. The van der Waals surface area contributed by atoms with Crippen LogP contribution < -0.4 is 14.8 Å². The van der Waals surface area contributed by atoms with Gasteiger partial charge in [0.2, 0.25) is 5.91 Å². The minimum atomic E-state index is -0.189. The lowest BCUT2D eigenvalue weighted by molar-refractivity contribution is -0.117. The molecule has 2 aromatic rings. The van der Waals surface area contributed by atoms with E-state index >= 15 is 0 Å². The summed E-state index contributed by atoms with van der Waals surface area (Å²) in [5, 5.41) is 2.92. The van der Waals surface area contributed by atoms with Gasteiger partial charge >= 0.3 is 0 Å². The Kier molecular flexibility index (Phi) is 6.49. The summed E-state index contributed by atoms with van der Waals surface area (Å²) < 4.78 is 16.3. The van der Waals surface area contributed by atoms with Gasteiger partial charge in [0.15, 0.2) is 11.5 Å². The number of rotatable bonds is 8. The number of furan rings is 1. The van der Waals surface area contributed by atoms with E-state index in [1.165, 1.54) is 6.08 Å². The van der Waals surface area contributed by atoms with Crippen molar-refractivity contribution in [3.8, 4) is 11.5 Å². The molecule has 1 aromatic heterocycles. The second-order valence-electron chi connectivity index (χ2n) is 5.15. The van der Waals surface area contributed by atoms with E-state index in [0.717, 1.165) is 5.56 Å². The van der Waals surface area contributed by atoms with Gasteiger partial charge in [0.05, 0.1) is 25.5 Å². The predicted molar refractivity (Wildman–Crippen MR) is 93.1 cm³/mol. The molecule has 0 saturated carbocycles. The molecule has 1 unspecified atom stereocenters. The lowest BCUT2D eigenvalue weighted by Crippen LogP contribution is -2.24. The second kappa shape index (κ2) is 8.82. The summed E-state index contributed by atoms with van der Waals surface area (Å²) in [6.45, 7) is 6.90. The van der Waals surface area contributed by atoms with E-state index in [2.05, 4.69) is 5.32 Å². The maximum Gasteiger partial charge on any atom is 0.244 e. The fraction of sp³-hybridized carbons (Fsp3) is 0.316. The summed E-state index contributed by atoms with van der Waals surface area (Å²) in [7, 11) is 0. The van der Waals surface area contributed by atoms with Gasteiger partial charge < -0.3 is 19.2 Å². The molecule has 0 saturated heterocycles. The Morgan fingerprint density at radius 1 is 1.21 bits per heavy atom. The van der Waals surface area contributed by atoms with E-state index in [9.17, 15) is 4.79 Å². The monoisotopic (exact) mass is 329 g/mol. The van der Waals surface area contributed by atoms with Crippen molar-refractivity contribution in [1.29, 1.82) is 0 Å². The zero-order valence-electron chi connectivity index (χ0n) is 14.2. The van der Waals surface area contributed by atoms with Crippen LogP contribution in [0.2, 0.25) is 0 Å². The zero-order valence-corrected chi connectivity index (χ0v) is 14.2. The minimum Gasteiger partial charge on any atom is -0.490 e. The first kappa shape index (κ1) is 17.7. The van der Waals surface area contributed by atoms with Crippen molar-refractivity contribution in [3.63, 3.8) is 0 Å². The first-order valence-corrected chi connectivity index (χ1v) is 8.05. The number of hydrogen-bond donors (Lipinski definition) is 1. The van der Waals surface area contributed by atoms with Crippen molar-refractivity contribution < 1.29 is 18.7 Å². The van der Waals surface area contributed by atoms with Gasteiger partial charge in [-0.05, 0) is 56.7 Å². The van der Waals surface area contributed by atoms with Gasteiger partial charge in [-0.15, -0.1) is 0 Å². The molecule has 0 aliphatic heterocycles. The molecule has 1 heterocycles. The van der Waals surface area contributed by atoms with E-state index in [4.69, 9.17) is 13.9 Å². The molecule has 5 heteroatoms. The van der Waals surface area contributed by atoms with Crippen molar-refractivity contribution >= 4 is 12.0 Å². The normalized spacial score (nSPS) is 12.1. The Morgan fingerprint density at radius 3 is 2.62 bits per heavy atom. The topological polar surface area (TPSA) is 60.7 Å². The van der Waals surface area contributed by atoms with Crippen LogP contribution in [-0.2, 0) is 4.79 Å². The van der Waals surface area contributed by atoms with E-state index < -0.39 is 0 Å². The minimum absolute atomic E-state index is 0.159. The van der Waals surface area contributed by atoms with E-state index in [1.54, 1.807) is 24.5 Å². The van der Waals surface area contributed by atoms with E-state index in [0.29, 0.717) is 30.5 Å². The highest BCUT2D eigenvalue weighted by molar-refractivity contribution is 5.91. The number of nitrogens with one attached hydrogen (secondary N) is 1. The number of amides is 1. The van der Waals surface area contributed by atoms with Crippen LogP contribution in [0.3, 0.4) is 0 Å². The number of ether oxygens (including phenoxy) is 2. The molecule has 128 valence electrons. The number of carbonyl (C=O) groups excluding carboxylic acids is 1. The summed E-state index contributed by atoms with van der Waals surface area (Å²) in [5.41, 5.74) is 0.946. The molecule has 0 bridgehead atoms. The van der Waals surface area contributed by atoms with Gasteiger partial charge in [-0.1, -0.05) is 6.07 Å². The van der Waals surface area contributed by atoms with Gasteiger partial charge in [0.1, 0.15) is 5.76 Å². The first-order chi connectivity index (χ1) is 11.6. The average Bonchev–Trinajstić information content (AvgIpc) is 3.08. The van der Waals surface area contributed by atoms with Crippen molar-refractivity contribution in [2.75, 3.05) is 13.2 Å². The molecule has 0 spiro atoms. The Labute approximate surface area is 142 Å². The quantitative estimate of drug-likeness (QED) is 0.745. The van der Waals surface area contributed by atoms with Crippen LogP contribution in [0.4, 0.5) is 0 Å². The van der Waals surface area contributed by atoms with Crippen molar-refractivity contribution in [1.82, 2.24) is 5.32 Å². The predicted octanol–water partition coefficient (Wildman–Crippen LogP) is 3.97. The average molecular weight is 329 g/mol. The van der Waals surface area contributed by atoms with Crippen LogP contribution in [0, 0.1) is 0 Å². The summed E-state index contributed by atoms with van der Waals surface area (Å²) in [4.78, 5) is 12.0. The van der Waals surface area contributed by atoms with Gasteiger partial charge in [-0.25, -0.2) is 0 Å². The highest BCUT2D eigenvalue weighted by atomic mass is 16.5. The molecular weight excluding hydrogens is 306 g/mol. The van der Waals surface area contributed by atoms with Crippen molar-refractivity contribution in [3.05, 3.63) is 54.0 Å². The lowest BCUT2D eigenvalue weighted by Gasteiger charge is -2.16. The summed E-state index contributed by atoms with van der Waals surface area (Å²) in [6.07, 6.45) is 4.65. The second-order valence-corrected chi connectivity index (χ2v) is 5.15. The largest absolute Gasteiger partial charge is 0.490 e. The fourth-order valence-corrected chi connectivity index (χ4v) is 2.23. The van der Waals surface area contributed by atoms with Gasteiger partial charge in [0.25, 0.3) is 0 Å². The lowest BCUT2D eigenvalue weighted by atomic mass is 10.1. The highest BCUT2D eigenvalue weighted by Crippen LogP contribution is 2.30. The highest BCUT2D eigenvalue weighted by Gasteiger charge is 2.12. The summed E-state index contributed by atoms with van der Waals surface area (Å²) >= 11 is 0. The SMILES string of the molecule is CCOc1ccc(C(C)NC(=O)C=Cc2ccco2)cc1OCC. The fourth-order valence-electron chi connectivity index (χ4n) is 2.23. The Hall–Kier alpha value is -2.69. The van der Waals surface area contributed by atoms with Gasteiger partial charge in [-0.2, -0.15) is 0 Å². The summed E-state index contributed by atoms with van der Waals surface area (Å²) in [5.74, 6) is 1.84. The molecular formula is C19H23NO4. The first-order valence-electron chi connectivity index (χ1n) is 8.05. The third kappa shape index (κ3) is 4.91. The number of hydrogen-bond acceptors (Lipinski definition) is 4. The molecule has 1 amide bonds. The molecule has 0 fully saturated rings. The van der Waals surface area contributed by atoms with Crippen LogP contribution in [0.1, 0.15) is 38.1 Å². The van der Waals surface area contributed by atoms with Crippen LogP contribution in [-0.4, -0.2) is 19.1 Å². The van der Waals surface area contributed by atoms with Crippen LogP contribution in [0.15, 0.2) is 47.1 Å². The molecule has 0 radical (unpaired) electrons. The smallest absolute Gasteiger partial charge is 0.244 e. The molecule has 2 rings (SSSR count). The van der Waals surface area contributed by atoms with Crippen molar-refractivity contribution in [2.24, 2.45) is 0 Å². The van der Waals surface area contributed by atoms with E-state index in [1.807, 2.05) is 39.0 Å². The molecule has 5 nitrogen and oxygen atoms in total. The Morgan fingerprint density at radius 2 is 1.96 bits per heavy atom. The molecule has 24 heavy (non-hydrogen) atoms. The molecule has 0 aliphatic carbocycles. The standard InChI is InChI=1S/C19H23NO4/c1-4-22-17-10-8-15(13-18(17)23-5-2)14(3)20-19(21)11-9-16-7-6-12-24-16/h6-14H,4-5H2,1-3H3,(H,20,21). The molecule has 1 atom stereocenters. The van der Waals surface area contributed by atoms with Gasteiger partial charge in [0, 0.05) is 6.08 Å². The zero-order chi connectivity index (χ0) is 17.4.